The van der Waals surface area contributed by atoms with Crippen molar-refractivity contribution in [1.82, 2.24) is 0 Å². The molecular formula is C33H58OSi. The molecule has 0 heterocycles. The Kier molecular flexibility index (Phi) is 8.50. The molecule has 200 valence electrons. The lowest BCUT2D eigenvalue weighted by molar-refractivity contribution is 0.0961. The lowest BCUT2D eigenvalue weighted by Gasteiger charge is -2.46. The normalized spacial score (nSPS) is 36.0. The third kappa shape index (κ3) is 5.95. The molecule has 2 heteroatoms. The van der Waals surface area contributed by atoms with Crippen LogP contribution in [0.25, 0.3) is 0 Å². The summed E-state index contributed by atoms with van der Waals surface area (Å²) >= 11 is 0. The second kappa shape index (κ2) is 10.3. The van der Waals surface area contributed by atoms with Crippen LogP contribution in [0.5, 0.6) is 0 Å². The third-order valence-corrected chi connectivity index (χ3v) is 15.5. The Balaban J connectivity index is 1.88. The van der Waals surface area contributed by atoms with Crippen LogP contribution in [-0.4, -0.2) is 14.4 Å². The van der Waals surface area contributed by atoms with Crippen molar-refractivity contribution >= 4 is 8.32 Å². The van der Waals surface area contributed by atoms with Crippen molar-refractivity contribution in [3.05, 3.63) is 35.5 Å². The minimum absolute atomic E-state index is 0.163. The smallest absolute Gasteiger partial charge is 0.192 e. The van der Waals surface area contributed by atoms with E-state index >= 15 is 0 Å². The van der Waals surface area contributed by atoms with E-state index in [-0.39, 0.29) is 16.6 Å². The summed E-state index contributed by atoms with van der Waals surface area (Å²) in [7, 11) is -1.86. The van der Waals surface area contributed by atoms with Crippen LogP contribution in [0.3, 0.4) is 0 Å². The fourth-order valence-electron chi connectivity index (χ4n) is 7.44. The topological polar surface area (TPSA) is 9.23 Å². The van der Waals surface area contributed by atoms with Gasteiger partial charge < -0.3 is 4.43 Å². The first-order valence-corrected chi connectivity index (χ1v) is 17.7. The number of hydrogen-bond acceptors (Lipinski definition) is 1. The van der Waals surface area contributed by atoms with Gasteiger partial charge in [0.25, 0.3) is 0 Å². The van der Waals surface area contributed by atoms with Gasteiger partial charge in [-0.3, -0.25) is 0 Å². The Morgan fingerprint density at radius 1 is 1.09 bits per heavy atom. The molecule has 0 bridgehead atoms. The molecule has 0 N–H and O–H groups in total. The Labute approximate surface area is 220 Å². The standard InChI is InChI=1S/C33H58OSi/c1-13-23(2)27-18-19-28-26(15-14-20-33(27,28)10)17-16-25-21-29(31(4,5)6)24(3)30(22-25)34-35(11,12)32(7,8)9/h16-17,23,27-30H,3,13-15,18-22H2,1-2,4-12H3/b25-16-,26-17+/t23-,27?,28?,29+,30+,33+/m0/s1. The van der Waals surface area contributed by atoms with Crippen LogP contribution >= 0.6 is 0 Å². The Morgan fingerprint density at radius 3 is 2.31 bits per heavy atom. The van der Waals surface area contributed by atoms with Crippen molar-refractivity contribution in [2.75, 3.05) is 0 Å². The number of fused-ring (bicyclic) bond motifs is 1. The maximum atomic E-state index is 7.02. The molecule has 0 aliphatic heterocycles. The van der Waals surface area contributed by atoms with Gasteiger partial charge in [0, 0.05) is 0 Å². The molecule has 0 spiro atoms. The summed E-state index contributed by atoms with van der Waals surface area (Å²) in [5.74, 6) is 3.03. The van der Waals surface area contributed by atoms with E-state index in [9.17, 15) is 0 Å². The minimum atomic E-state index is -1.86. The molecule has 3 saturated carbocycles. The van der Waals surface area contributed by atoms with Crippen LogP contribution in [0, 0.1) is 34.5 Å². The van der Waals surface area contributed by atoms with Gasteiger partial charge in [0.05, 0.1) is 6.10 Å². The molecule has 3 aliphatic rings. The van der Waals surface area contributed by atoms with Crippen molar-refractivity contribution in [3.63, 3.8) is 0 Å². The van der Waals surface area contributed by atoms with Crippen molar-refractivity contribution < 1.29 is 4.43 Å². The van der Waals surface area contributed by atoms with Gasteiger partial charge in [0.1, 0.15) is 0 Å². The van der Waals surface area contributed by atoms with Crippen molar-refractivity contribution in [1.29, 1.82) is 0 Å². The second-order valence-corrected chi connectivity index (χ2v) is 20.1. The molecule has 0 radical (unpaired) electrons. The monoisotopic (exact) mass is 498 g/mol. The highest BCUT2D eigenvalue weighted by Crippen LogP contribution is 2.59. The summed E-state index contributed by atoms with van der Waals surface area (Å²) in [6, 6.07) is 0. The first-order valence-electron chi connectivity index (χ1n) is 14.8. The quantitative estimate of drug-likeness (QED) is 0.270. The van der Waals surface area contributed by atoms with Crippen molar-refractivity contribution in [3.8, 4) is 0 Å². The van der Waals surface area contributed by atoms with Crippen LogP contribution < -0.4 is 0 Å². The zero-order valence-corrected chi connectivity index (χ0v) is 26.3. The van der Waals surface area contributed by atoms with Gasteiger partial charge in [-0.15, -0.1) is 0 Å². The summed E-state index contributed by atoms with van der Waals surface area (Å²) in [6.45, 7) is 31.1. The van der Waals surface area contributed by atoms with E-state index in [4.69, 9.17) is 4.43 Å². The average molecular weight is 499 g/mol. The zero-order chi connectivity index (χ0) is 26.4. The highest BCUT2D eigenvalue weighted by molar-refractivity contribution is 6.74. The number of rotatable bonds is 5. The maximum Gasteiger partial charge on any atom is 0.192 e. The van der Waals surface area contributed by atoms with Crippen LogP contribution in [-0.2, 0) is 4.43 Å². The fraction of sp³-hybridized carbons (Fsp3) is 0.818. The van der Waals surface area contributed by atoms with Crippen LogP contribution in [0.2, 0.25) is 18.1 Å². The first kappa shape index (κ1) is 29.0. The van der Waals surface area contributed by atoms with E-state index in [2.05, 4.69) is 94.1 Å². The van der Waals surface area contributed by atoms with Crippen LogP contribution in [0.4, 0.5) is 0 Å². The molecule has 0 aromatic carbocycles. The van der Waals surface area contributed by atoms with Gasteiger partial charge in [0.15, 0.2) is 8.32 Å². The van der Waals surface area contributed by atoms with Gasteiger partial charge in [-0.25, -0.2) is 0 Å². The van der Waals surface area contributed by atoms with E-state index in [1.807, 2.05) is 0 Å². The maximum absolute atomic E-state index is 7.02. The summed E-state index contributed by atoms with van der Waals surface area (Å²) in [5.41, 5.74) is 5.38. The molecule has 6 atom stereocenters. The minimum Gasteiger partial charge on any atom is -0.410 e. The predicted octanol–water partition coefficient (Wildman–Crippen LogP) is 10.5. The van der Waals surface area contributed by atoms with E-state index in [0.717, 1.165) is 30.6 Å². The largest absolute Gasteiger partial charge is 0.410 e. The summed E-state index contributed by atoms with van der Waals surface area (Å²) < 4.78 is 7.02. The summed E-state index contributed by atoms with van der Waals surface area (Å²) in [4.78, 5) is 0. The fourth-order valence-corrected chi connectivity index (χ4v) is 8.74. The SMILES string of the molecule is C=C1[C@H](C(C)(C)C)C/C(=C/C=C2\CCC[C@@]3(C)C2CCC3[C@@H](C)CC)C[C@H]1O[Si](C)(C)C(C)(C)C. The summed E-state index contributed by atoms with van der Waals surface area (Å²) in [6.07, 6.45) is 15.7. The zero-order valence-electron chi connectivity index (χ0n) is 25.3. The van der Waals surface area contributed by atoms with Gasteiger partial charge in [-0.1, -0.05) is 98.6 Å². The van der Waals surface area contributed by atoms with Gasteiger partial charge in [0.2, 0.25) is 0 Å². The Bertz CT molecular complexity index is 832. The molecule has 3 fully saturated rings. The number of allylic oxidation sites excluding steroid dienone is 3. The molecule has 35 heavy (non-hydrogen) atoms. The molecule has 1 nitrogen and oxygen atoms in total. The van der Waals surface area contributed by atoms with Crippen LogP contribution in [0.15, 0.2) is 35.5 Å². The first-order chi connectivity index (χ1) is 16.0. The molecular weight excluding hydrogens is 440 g/mol. The molecule has 2 unspecified atom stereocenters. The van der Waals surface area contributed by atoms with E-state index < -0.39 is 8.32 Å². The van der Waals surface area contributed by atoms with Crippen molar-refractivity contribution in [2.45, 2.75) is 138 Å². The molecule has 0 aromatic rings. The predicted molar refractivity (Wildman–Crippen MR) is 157 cm³/mol. The van der Waals surface area contributed by atoms with Gasteiger partial charge in [-0.05, 0) is 103 Å². The molecule has 3 rings (SSSR count). The number of hydrogen-bond donors (Lipinski definition) is 0. The van der Waals surface area contributed by atoms with Gasteiger partial charge >= 0.3 is 0 Å². The third-order valence-electron chi connectivity index (χ3n) is 11.0. The lowest BCUT2D eigenvalue weighted by atomic mass is 9.61. The molecule has 0 amide bonds. The molecule has 3 aliphatic carbocycles. The molecule has 0 aromatic heterocycles. The summed E-state index contributed by atoms with van der Waals surface area (Å²) in [5, 5.41) is 0.217. The van der Waals surface area contributed by atoms with Crippen molar-refractivity contribution in [2.24, 2.45) is 34.5 Å². The molecule has 0 saturated heterocycles. The lowest BCUT2D eigenvalue weighted by Crippen LogP contribution is -2.46. The highest BCUT2D eigenvalue weighted by atomic mass is 28.4. The van der Waals surface area contributed by atoms with E-state index in [1.165, 1.54) is 44.1 Å². The second-order valence-electron chi connectivity index (χ2n) is 15.3. The van der Waals surface area contributed by atoms with E-state index in [1.54, 1.807) is 11.1 Å². The van der Waals surface area contributed by atoms with Gasteiger partial charge in [-0.2, -0.15) is 0 Å². The Hall–Kier alpha value is -0.603. The van der Waals surface area contributed by atoms with Crippen LogP contribution in [0.1, 0.15) is 114 Å². The average Bonchev–Trinajstić information content (AvgIpc) is 3.09. The Morgan fingerprint density at radius 2 is 1.74 bits per heavy atom. The van der Waals surface area contributed by atoms with E-state index in [0.29, 0.717) is 11.3 Å². The highest BCUT2D eigenvalue weighted by Gasteiger charge is 2.50.